The summed E-state index contributed by atoms with van der Waals surface area (Å²) in [6, 6.07) is 8.92. The van der Waals surface area contributed by atoms with Crippen molar-refractivity contribution in [2.75, 3.05) is 37.0 Å². The Balaban J connectivity index is 1.33. The molecule has 1 saturated heterocycles. The quantitative estimate of drug-likeness (QED) is 0.413. The monoisotopic (exact) mass is 582 g/mol. The molecule has 6 rings (SSSR count). The van der Waals surface area contributed by atoms with Crippen LogP contribution in [0.5, 0.6) is 0 Å². The van der Waals surface area contributed by atoms with E-state index in [-0.39, 0.29) is 34.9 Å². The van der Waals surface area contributed by atoms with Crippen LogP contribution in [0.4, 0.5) is 16.8 Å². The number of anilines is 3. The number of benzene rings is 1. The molecule has 1 saturated carbocycles. The van der Waals surface area contributed by atoms with Gasteiger partial charge in [-0.15, -0.1) is 0 Å². The average molecular weight is 583 g/mol. The van der Waals surface area contributed by atoms with Crippen LogP contribution >= 0.6 is 11.3 Å². The molecule has 2 amide bonds. The minimum absolute atomic E-state index is 0.00940. The van der Waals surface area contributed by atoms with E-state index in [0.29, 0.717) is 59.2 Å². The van der Waals surface area contributed by atoms with Crippen LogP contribution in [0.1, 0.15) is 41.4 Å². The highest BCUT2D eigenvalue weighted by molar-refractivity contribution is 7.89. The summed E-state index contributed by atoms with van der Waals surface area (Å²) in [6.07, 6.45) is 2.18. The summed E-state index contributed by atoms with van der Waals surface area (Å²) in [5, 5.41) is 3.79. The van der Waals surface area contributed by atoms with Gasteiger partial charge in [0.15, 0.2) is 5.13 Å². The van der Waals surface area contributed by atoms with E-state index in [4.69, 9.17) is 4.74 Å². The molecule has 2 aliphatic heterocycles. The summed E-state index contributed by atoms with van der Waals surface area (Å²) in [5.41, 5.74) is 2.36. The standard InChI is InChI=1S/C27H30N6O5S2/c1-15-25(39-27(29-15)31-21-5-4-6-22(30-21)32-9-10-38-14-23(32)34)18-11-19-13-33(16(2)17-7-8-17)26(35)24(19)20(12-18)40(36,37)28-3/h4-6,11-12,16-17,28H,7-10,13-14H2,1-3H3,(H,29,30,31)/t16-/m0/s1. The molecule has 11 nitrogen and oxygen atoms in total. The maximum Gasteiger partial charge on any atom is 0.256 e. The minimum atomic E-state index is -3.90. The van der Waals surface area contributed by atoms with Gasteiger partial charge in [0.25, 0.3) is 11.8 Å². The van der Waals surface area contributed by atoms with Crippen molar-refractivity contribution in [2.45, 2.75) is 44.2 Å². The van der Waals surface area contributed by atoms with Crippen LogP contribution in [0.15, 0.2) is 35.2 Å². The molecule has 4 heterocycles. The third-order valence-electron chi connectivity index (χ3n) is 7.64. The number of amides is 2. The van der Waals surface area contributed by atoms with E-state index in [1.54, 1.807) is 28.0 Å². The second kappa shape index (κ2) is 10.2. The second-order valence-electron chi connectivity index (χ2n) is 10.3. The number of rotatable bonds is 8. The Hall–Kier alpha value is -3.39. The van der Waals surface area contributed by atoms with E-state index in [1.807, 2.05) is 26.0 Å². The van der Waals surface area contributed by atoms with Crippen LogP contribution in [0.3, 0.4) is 0 Å². The number of hydrogen-bond donors (Lipinski definition) is 2. The summed E-state index contributed by atoms with van der Waals surface area (Å²) in [6.45, 7) is 5.20. The van der Waals surface area contributed by atoms with Gasteiger partial charge in [-0.3, -0.25) is 14.5 Å². The van der Waals surface area contributed by atoms with Crippen molar-refractivity contribution in [3.8, 4) is 10.4 Å². The lowest BCUT2D eigenvalue weighted by Gasteiger charge is -2.26. The molecule has 0 radical (unpaired) electrons. The number of carbonyl (C=O) groups is 2. The molecule has 1 aliphatic carbocycles. The number of aryl methyl sites for hydroxylation is 1. The van der Waals surface area contributed by atoms with Crippen molar-refractivity contribution in [1.82, 2.24) is 19.6 Å². The number of ether oxygens (including phenoxy) is 1. The number of aromatic nitrogens is 2. The number of carbonyl (C=O) groups excluding carboxylic acids is 2. The summed E-state index contributed by atoms with van der Waals surface area (Å²) < 4.78 is 33.8. The van der Waals surface area contributed by atoms with Gasteiger partial charge in [0.05, 0.1) is 34.2 Å². The van der Waals surface area contributed by atoms with Crippen molar-refractivity contribution >= 4 is 49.9 Å². The van der Waals surface area contributed by atoms with E-state index in [2.05, 4.69) is 20.0 Å². The number of sulfonamides is 1. The fourth-order valence-electron chi connectivity index (χ4n) is 5.29. The van der Waals surface area contributed by atoms with E-state index < -0.39 is 10.0 Å². The molecule has 13 heteroatoms. The van der Waals surface area contributed by atoms with Gasteiger partial charge in [0.1, 0.15) is 18.2 Å². The van der Waals surface area contributed by atoms with Crippen molar-refractivity contribution in [1.29, 1.82) is 0 Å². The van der Waals surface area contributed by atoms with Gasteiger partial charge in [-0.2, -0.15) is 0 Å². The van der Waals surface area contributed by atoms with E-state index in [9.17, 15) is 18.0 Å². The molecular formula is C27H30N6O5S2. The molecule has 3 aromatic rings. The topological polar surface area (TPSA) is 134 Å². The zero-order valence-electron chi connectivity index (χ0n) is 22.4. The zero-order chi connectivity index (χ0) is 28.2. The Bertz CT molecular complexity index is 1620. The Morgan fingerprint density at radius 3 is 2.70 bits per heavy atom. The molecule has 2 N–H and O–H groups in total. The predicted molar refractivity (Wildman–Crippen MR) is 151 cm³/mol. The van der Waals surface area contributed by atoms with Gasteiger partial charge in [0, 0.05) is 12.6 Å². The summed E-state index contributed by atoms with van der Waals surface area (Å²) >= 11 is 1.37. The summed E-state index contributed by atoms with van der Waals surface area (Å²) in [5.74, 6) is 1.15. The number of thiazole rings is 1. The Kier molecular flexibility index (Phi) is 6.85. The first-order chi connectivity index (χ1) is 19.2. The average Bonchev–Trinajstić information content (AvgIpc) is 3.66. The van der Waals surface area contributed by atoms with Crippen molar-refractivity contribution < 1.29 is 22.7 Å². The van der Waals surface area contributed by atoms with Gasteiger partial charge >= 0.3 is 0 Å². The third kappa shape index (κ3) is 4.87. The Morgan fingerprint density at radius 2 is 1.98 bits per heavy atom. The van der Waals surface area contributed by atoms with Crippen LogP contribution in [0.2, 0.25) is 0 Å². The van der Waals surface area contributed by atoms with E-state index in [0.717, 1.165) is 17.7 Å². The lowest BCUT2D eigenvalue weighted by molar-refractivity contribution is -0.125. The largest absolute Gasteiger partial charge is 0.370 e. The molecule has 3 aliphatic rings. The highest BCUT2D eigenvalue weighted by atomic mass is 32.2. The molecule has 210 valence electrons. The fourth-order valence-corrected chi connectivity index (χ4v) is 7.24. The predicted octanol–water partition coefficient (Wildman–Crippen LogP) is 3.28. The molecule has 0 unspecified atom stereocenters. The molecule has 1 atom stereocenters. The highest BCUT2D eigenvalue weighted by Crippen LogP contribution is 2.42. The zero-order valence-corrected chi connectivity index (χ0v) is 24.1. The molecular weight excluding hydrogens is 552 g/mol. The Morgan fingerprint density at radius 1 is 1.18 bits per heavy atom. The SMILES string of the molecule is CNS(=O)(=O)c1cc(-c2sc(Nc3cccc(N4CCOCC4=O)n3)nc2C)cc2c1C(=O)N([C@@H](C)C1CC1)C2. The van der Waals surface area contributed by atoms with Gasteiger partial charge in [0.2, 0.25) is 10.0 Å². The fraction of sp³-hybridized carbons (Fsp3) is 0.407. The molecule has 2 fully saturated rings. The van der Waals surface area contributed by atoms with E-state index >= 15 is 0 Å². The van der Waals surface area contributed by atoms with Crippen molar-refractivity contribution in [3.63, 3.8) is 0 Å². The van der Waals surface area contributed by atoms with Gasteiger partial charge in [-0.05, 0) is 75.0 Å². The molecule has 0 bridgehead atoms. The number of nitrogens with one attached hydrogen (secondary N) is 2. The van der Waals surface area contributed by atoms with Crippen LogP contribution < -0.4 is 14.9 Å². The van der Waals surface area contributed by atoms with Crippen molar-refractivity contribution in [3.05, 3.63) is 47.2 Å². The molecule has 40 heavy (non-hydrogen) atoms. The number of morpholine rings is 1. The first-order valence-corrected chi connectivity index (χ1v) is 15.5. The van der Waals surface area contributed by atoms with E-state index in [1.165, 1.54) is 18.4 Å². The minimum Gasteiger partial charge on any atom is -0.370 e. The normalized spacial score (nSPS) is 18.3. The number of fused-ring (bicyclic) bond motifs is 1. The Labute approximate surface area is 236 Å². The second-order valence-corrected chi connectivity index (χ2v) is 13.1. The molecule has 2 aromatic heterocycles. The number of nitrogens with zero attached hydrogens (tertiary/aromatic N) is 4. The molecule has 1 aromatic carbocycles. The summed E-state index contributed by atoms with van der Waals surface area (Å²) in [4.78, 5) is 39.1. The van der Waals surface area contributed by atoms with Crippen LogP contribution in [-0.2, 0) is 26.1 Å². The van der Waals surface area contributed by atoms with Gasteiger partial charge in [-0.25, -0.2) is 23.1 Å². The van der Waals surface area contributed by atoms with Crippen LogP contribution in [0.25, 0.3) is 10.4 Å². The lowest BCUT2D eigenvalue weighted by atomic mass is 10.0. The number of pyridine rings is 1. The maximum absolute atomic E-state index is 13.4. The highest BCUT2D eigenvalue weighted by Gasteiger charge is 2.41. The smallest absolute Gasteiger partial charge is 0.256 e. The first kappa shape index (κ1) is 26.8. The van der Waals surface area contributed by atoms with Crippen LogP contribution in [0, 0.1) is 12.8 Å². The van der Waals surface area contributed by atoms with Crippen molar-refractivity contribution in [2.24, 2.45) is 5.92 Å². The van der Waals surface area contributed by atoms with Crippen LogP contribution in [-0.4, -0.2) is 67.9 Å². The van der Waals surface area contributed by atoms with Gasteiger partial charge in [-0.1, -0.05) is 17.4 Å². The lowest BCUT2D eigenvalue weighted by Crippen LogP contribution is -2.42. The summed E-state index contributed by atoms with van der Waals surface area (Å²) in [7, 11) is -2.54. The van der Waals surface area contributed by atoms with Gasteiger partial charge < -0.3 is 15.0 Å². The first-order valence-electron chi connectivity index (χ1n) is 13.2. The third-order valence-corrected chi connectivity index (χ3v) is 10.2. The maximum atomic E-state index is 13.4. The number of hydrogen-bond acceptors (Lipinski definition) is 9. The molecule has 0 spiro atoms.